The highest BCUT2D eigenvalue weighted by molar-refractivity contribution is 5.79. The molecule has 0 spiro atoms. The van der Waals surface area contributed by atoms with Gasteiger partial charge in [0.05, 0.1) is 13.0 Å². The van der Waals surface area contributed by atoms with Crippen LogP contribution in [0.3, 0.4) is 0 Å². The molecule has 0 bridgehead atoms. The Hall–Kier alpha value is -1.83. The molecule has 1 amide bonds. The first-order valence-corrected chi connectivity index (χ1v) is 10.7. The number of rotatable bonds is 3. The van der Waals surface area contributed by atoms with Crippen molar-refractivity contribution < 1.29 is 27.9 Å². The Kier molecular flexibility index (Phi) is 5.73. The average Bonchev–Trinajstić information content (AvgIpc) is 3.15. The molecule has 0 radical (unpaired) electrons. The third kappa shape index (κ3) is 4.52. The summed E-state index contributed by atoms with van der Waals surface area (Å²) in [5.74, 6) is -0.0322. The molecule has 2 heterocycles. The molecule has 2 fully saturated rings. The van der Waals surface area contributed by atoms with Gasteiger partial charge in [-0.15, -0.1) is 0 Å². The molecule has 3 aliphatic rings. The van der Waals surface area contributed by atoms with E-state index in [2.05, 4.69) is 5.32 Å². The fourth-order valence-corrected chi connectivity index (χ4v) is 5.16. The minimum absolute atomic E-state index is 0.0329. The fraction of sp³-hybridized carbons (Fsp3) is 0.714. The lowest BCUT2D eigenvalue weighted by Crippen LogP contribution is -2.46. The second-order valence-electron chi connectivity index (χ2n) is 8.76. The molecule has 0 aromatic carbocycles. The van der Waals surface area contributed by atoms with Crippen molar-refractivity contribution in [2.24, 2.45) is 5.92 Å². The quantitative estimate of drug-likeness (QED) is 0.592. The number of alkyl halides is 3. The van der Waals surface area contributed by atoms with E-state index in [-0.39, 0.29) is 18.4 Å². The second kappa shape index (κ2) is 8.13. The zero-order valence-corrected chi connectivity index (χ0v) is 16.5. The predicted octanol–water partition coefficient (Wildman–Crippen LogP) is 3.21. The topological polar surface area (TPSA) is 56.5 Å². The van der Waals surface area contributed by atoms with Crippen molar-refractivity contribution in [3.05, 3.63) is 29.1 Å². The van der Waals surface area contributed by atoms with E-state index in [1.807, 2.05) is 0 Å². The third-order valence-electron chi connectivity index (χ3n) is 6.72. The van der Waals surface area contributed by atoms with E-state index in [0.29, 0.717) is 47.2 Å². The maximum absolute atomic E-state index is 13.1. The summed E-state index contributed by atoms with van der Waals surface area (Å²) in [6.07, 6.45) is 5.40. The molecule has 1 aliphatic heterocycles. The molecule has 8 heteroatoms. The standard InChI is InChI=1S/C21H29F3N3O2/c22-21(23,24)16-10-15-12-26(9-8-19(15)27(29)13-16)20(28)14-6-7-18(11-14)25-17-4-2-1-3-5-17/h10,13-14,17-18,25,29H,1-9,11-12H2/q+1/t14-,18+/m0/s1. The first-order valence-electron chi connectivity index (χ1n) is 10.7. The summed E-state index contributed by atoms with van der Waals surface area (Å²) in [4.78, 5) is 14.7. The number of pyridine rings is 1. The average molecular weight is 412 g/mol. The number of carbonyl (C=O) groups is 1. The number of hydrogen-bond acceptors (Lipinski definition) is 3. The zero-order chi connectivity index (χ0) is 20.6. The normalized spacial score (nSPS) is 25.8. The summed E-state index contributed by atoms with van der Waals surface area (Å²) in [5, 5.41) is 13.7. The Morgan fingerprint density at radius 1 is 1.14 bits per heavy atom. The monoisotopic (exact) mass is 412 g/mol. The molecule has 5 nitrogen and oxygen atoms in total. The van der Waals surface area contributed by atoms with Crippen LogP contribution in [0.1, 0.15) is 68.2 Å². The number of amides is 1. The molecule has 29 heavy (non-hydrogen) atoms. The van der Waals surface area contributed by atoms with Gasteiger partial charge in [-0.05, 0) is 38.2 Å². The molecule has 2 aliphatic carbocycles. The van der Waals surface area contributed by atoms with Gasteiger partial charge in [0.1, 0.15) is 5.56 Å². The van der Waals surface area contributed by atoms with E-state index in [9.17, 15) is 23.2 Å². The largest absolute Gasteiger partial charge is 0.422 e. The van der Waals surface area contributed by atoms with Gasteiger partial charge in [-0.2, -0.15) is 13.2 Å². The van der Waals surface area contributed by atoms with Crippen LogP contribution in [0, 0.1) is 5.92 Å². The molecule has 2 saturated carbocycles. The molecule has 1 aromatic heterocycles. The van der Waals surface area contributed by atoms with Crippen LogP contribution >= 0.6 is 0 Å². The van der Waals surface area contributed by atoms with Crippen molar-refractivity contribution in [3.63, 3.8) is 0 Å². The lowest BCUT2D eigenvalue weighted by atomic mass is 9.94. The van der Waals surface area contributed by atoms with Crippen molar-refractivity contribution in [3.8, 4) is 0 Å². The minimum Gasteiger partial charge on any atom is -0.337 e. The molecule has 2 N–H and O–H groups in total. The Labute approximate surface area is 168 Å². The SMILES string of the molecule is O=C([C@H]1CC[C@@H](NC2CCCCC2)C1)N1CCc2c(cc(C(F)(F)F)c[n+]2O)C1. The van der Waals surface area contributed by atoms with Crippen LogP contribution < -0.4 is 10.0 Å². The van der Waals surface area contributed by atoms with Crippen LogP contribution in [0.2, 0.25) is 0 Å². The lowest BCUT2D eigenvalue weighted by Gasteiger charge is -2.29. The summed E-state index contributed by atoms with van der Waals surface area (Å²) in [5.41, 5.74) is -0.0761. The maximum Gasteiger partial charge on any atom is 0.422 e. The fourth-order valence-electron chi connectivity index (χ4n) is 5.16. The summed E-state index contributed by atoms with van der Waals surface area (Å²) in [7, 11) is 0. The van der Waals surface area contributed by atoms with Crippen molar-refractivity contribution in [2.45, 2.75) is 82.6 Å². The number of hydrogen-bond donors (Lipinski definition) is 2. The van der Waals surface area contributed by atoms with Gasteiger partial charge in [0.25, 0.3) is 0 Å². The lowest BCUT2D eigenvalue weighted by molar-refractivity contribution is -0.910. The molecule has 1 aromatic rings. The molecule has 4 rings (SSSR count). The molecule has 2 atom stereocenters. The number of fused-ring (bicyclic) bond motifs is 1. The molecule has 0 saturated heterocycles. The van der Waals surface area contributed by atoms with Crippen LogP contribution in [0.4, 0.5) is 13.2 Å². The van der Waals surface area contributed by atoms with Crippen molar-refractivity contribution in [1.29, 1.82) is 0 Å². The van der Waals surface area contributed by atoms with E-state index in [0.717, 1.165) is 25.3 Å². The van der Waals surface area contributed by atoms with Gasteiger partial charge in [0.2, 0.25) is 17.8 Å². The second-order valence-corrected chi connectivity index (χ2v) is 8.76. The van der Waals surface area contributed by atoms with E-state index in [4.69, 9.17) is 0 Å². The Morgan fingerprint density at radius 3 is 2.62 bits per heavy atom. The Morgan fingerprint density at radius 2 is 1.90 bits per heavy atom. The van der Waals surface area contributed by atoms with Gasteiger partial charge in [-0.3, -0.25) is 10.0 Å². The van der Waals surface area contributed by atoms with Gasteiger partial charge in [0, 0.05) is 34.8 Å². The molecule has 160 valence electrons. The first-order chi connectivity index (χ1) is 13.8. The van der Waals surface area contributed by atoms with Gasteiger partial charge in [0.15, 0.2) is 0 Å². The van der Waals surface area contributed by atoms with Crippen LogP contribution in [0.15, 0.2) is 12.3 Å². The molecule has 0 unspecified atom stereocenters. The van der Waals surface area contributed by atoms with Crippen molar-refractivity contribution in [1.82, 2.24) is 10.2 Å². The van der Waals surface area contributed by atoms with E-state index < -0.39 is 11.7 Å². The van der Waals surface area contributed by atoms with Gasteiger partial charge >= 0.3 is 6.18 Å². The summed E-state index contributed by atoms with van der Waals surface area (Å²) < 4.78 is 39.8. The number of carbonyl (C=O) groups excluding carboxylic acids is 1. The van der Waals surface area contributed by atoms with E-state index in [1.54, 1.807) is 4.90 Å². The number of halogens is 3. The van der Waals surface area contributed by atoms with Crippen LogP contribution in [-0.2, 0) is 23.9 Å². The van der Waals surface area contributed by atoms with Crippen molar-refractivity contribution in [2.75, 3.05) is 6.54 Å². The molecular weight excluding hydrogens is 383 g/mol. The number of nitrogens with zero attached hydrogens (tertiary/aromatic N) is 2. The minimum atomic E-state index is -4.53. The highest BCUT2D eigenvalue weighted by Crippen LogP contribution is 2.33. The highest BCUT2D eigenvalue weighted by atomic mass is 19.4. The van der Waals surface area contributed by atoms with E-state index >= 15 is 0 Å². The smallest absolute Gasteiger partial charge is 0.337 e. The number of aromatic nitrogens is 1. The van der Waals surface area contributed by atoms with Crippen LogP contribution in [0.25, 0.3) is 0 Å². The summed E-state index contributed by atoms with van der Waals surface area (Å²) in [6, 6.07) is 1.98. The summed E-state index contributed by atoms with van der Waals surface area (Å²) >= 11 is 0. The van der Waals surface area contributed by atoms with Crippen LogP contribution in [-0.4, -0.2) is 34.6 Å². The number of nitrogens with one attached hydrogen (secondary N) is 1. The van der Waals surface area contributed by atoms with Crippen LogP contribution in [0.5, 0.6) is 0 Å². The van der Waals surface area contributed by atoms with Gasteiger partial charge < -0.3 is 10.2 Å². The zero-order valence-electron chi connectivity index (χ0n) is 16.5. The van der Waals surface area contributed by atoms with E-state index in [1.165, 1.54) is 32.1 Å². The van der Waals surface area contributed by atoms with Crippen molar-refractivity contribution >= 4 is 5.91 Å². The van der Waals surface area contributed by atoms with Gasteiger partial charge in [-0.1, -0.05) is 19.3 Å². The third-order valence-corrected chi connectivity index (χ3v) is 6.72. The maximum atomic E-state index is 13.1. The molecular formula is C21H29F3N3O2+. The highest BCUT2D eigenvalue weighted by Gasteiger charge is 2.39. The van der Waals surface area contributed by atoms with Gasteiger partial charge in [-0.25, -0.2) is 0 Å². The summed E-state index contributed by atoms with van der Waals surface area (Å²) in [6.45, 7) is 0.546. The Bertz CT molecular complexity index is 762. The first kappa shape index (κ1) is 20.4. The predicted molar refractivity (Wildman–Crippen MR) is 99.1 cm³/mol. The Balaban J connectivity index is 1.39.